The lowest BCUT2D eigenvalue weighted by Gasteiger charge is -2.76. The SMILES string of the molecule is C1CCC(N(C2CCCCC2)C23CC4CC(N(C5CCCCC5)C5CCCCC5)(C2)CC(N(C2CCCCC2)C2CCCCC2)(C4)C3)CC1. The second-order valence-corrected chi connectivity index (χ2v) is 20.7. The zero-order valence-corrected chi connectivity index (χ0v) is 32.3. The third-order valence-corrected chi connectivity index (χ3v) is 17.4. The Morgan fingerprint density at radius 3 is 0.612 bits per heavy atom. The second-order valence-electron chi connectivity index (χ2n) is 20.7. The van der Waals surface area contributed by atoms with Crippen molar-refractivity contribution in [3.63, 3.8) is 0 Å². The zero-order valence-electron chi connectivity index (χ0n) is 32.3. The maximum atomic E-state index is 3.51. The average molecular weight is 674 g/mol. The van der Waals surface area contributed by atoms with Gasteiger partial charge in [0.05, 0.1) is 0 Å². The Balaban J connectivity index is 1.18. The molecule has 0 aliphatic heterocycles. The number of hydrogen-bond acceptors (Lipinski definition) is 3. The van der Waals surface area contributed by atoms with E-state index in [1.165, 1.54) is 193 Å². The monoisotopic (exact) mass is 674 g/mol. The molecule has 0 aromatic heterocycles. The fourth-order valence-corrected chi connectivity index (χ4v) is 16.5. The highest BCUT2D eigenvalue weighted by Gasteiger charge is 2.70. The van der Waals surface area contributed by atoms with Crippen molar-refractivity contribution in [2.24, 2.45) is 5.92 Å². The van der Waals surface area contributed by atoms with Crippen LogP contribution in [0.4, 0.5) is 0 Å². The maximum Gasteiger partial charge on any atom is 0.0253 e. The largest absolute Gasteiger partial charge is 0.292 e. The summed E-state index contributed by atoms with van der Waals surface area (Å²) in [7, 11) is 0. The van der Waals surface area contributed by atoms with Crippen LogP contribution in [0.3, 0.4) is 0 Å². The molecule has 10 aliphatic carbocycles. The third kappa shape index (κ3) is 6.67. The van der Waals surface area contributed by atoms with E-state index in [9.17, 15) is 0 Å². The topological polar surface area (TPSA) is 9.72 Å². The van der Waals surface area contributed by atoms with Crippen molar-refractivity contribution in [1.29, 1.82) is 0 Å². The molecule has 4 bridgehead atoms. The van der Waals surface area contributed by atoms with E-state index in [-0.39, 0.29) is 0 Å². The van der Waals surface area contributed by atoms with Gasteiger partial charge in [0.2, 0.25) is 0 Å². The minimum atomic E-state index is 0.465. The Hall–Kier alpha value is -0.120. The van der Waals surface area contributed by atoms with Gasteiger partial charge in [0, 0.05) is 52.9 Å². The van der Waals surface area contributed by atoms with E-state index in [2.05, 4.69) is 14.7 Å². The van der Waals surface area contributed by atoms with Crippen molar-refractivity contribution < 1.29 is 0 Å². The van der Waals surface area contributed by atoms with E-state index in [4.69, 9.17) is 0 Å². The lowest BCUT2D eigenvalue weighted by Crippen LogP contribution is -2.81. The van der Waals surface area contributed by atoms with Crippen LogP contribution in [0, 0.1) is 5.92 Å². The lowest BCUT2D eigenvalue weighted by molar-refractivity contribution is -0.238. The molecular weight excluding hydrogens is 595 g/mol. The summed E-state index contributed by atoms with van der Waals surface area (Å²) in [5, 5.41) is 0. The van der Waals surface area contributed by atoms with Crippen LogP contribution in [-0.2, 0) is 0 Å². The van der Waals surface area contributed by atoms with Gasteiger partial charge < -0.3 is 0 Å². The predicted octanol–water partition coefficient (Wildman–Crippen LogP) is 12.1. The van der Waals surface area contributed by atoms with E-state index >= 15 is 0 Å². The normalized spacial score (nSPS) is 39.9. The van der Waals surface area contributed by atoms with Crippen LogP contribution in [0.2, 0.25) is 0 Å². The van der Waals surface area contributed by atoms with Crippen molar-refractivity contribution >= 4 is 0 Å². The summed E-state index contributed by atoms with van der Waals surface area (Å²) < 4.78 is 0. The maximum absolute atomic E-state index is 3.51. The molecule has 0 unspecified atom stereocenters. The molecule has 0 atom stereocenters. The van der Waals surface area contributed by atoms with E-state index < -0.39 is 0 Å². The van der Waals surface area contributed by atoms with E-state index in [1.807, 2.05) is 0 Å². The summed E-state index contributed by atoms with van der Waals surface area (Å²) in [6, 6.07) is 5.32. The lowest BCUT2D eigenvalue weighted by atomic mass is 9.44. The highest BCUT2D eigenvalue weighted by molar-refractivity contribution is 5.27. The molecule has 0 saturated heterocycles. The van der Waals surface area contributed by atoms with Crippen LogP contribution < -0.4 is 0 Å². The molecule has 0 heterocycles. The summed E-state index contributed by atoms with van der Waals surface area (Å²) in [5.41, 5.74) is 1.39. The van der Waals surface area contributed by atoms with Crippen molar-refractivity contribution in [2.75, 3.05) is 0 Å². The van der Waals surface area contributed by atoms with Crippen LogP contribution in [0.5, 0.6) is 0 Å². The molecule has 10 rings (SSSR count). The highest BCUT2D eigenvalue weighted by atomic mass is 15.4. The molecule has 0 aromatic rings. The Morgan fingerprint density at radius 2 is 0.429 bits per heavy atom. The van der Waals surface area contributed by atoms with Gasteiger partial charge in [-0.1, -0.05) is 116 Å². The van der Waals surface area contributed by atoms with E-state index in [1.54, 1.807) is 38.5 Å². The summed E-state index contributed by atoms with van der Waals surface area (Å²) in [6.07, 6.45) is 54.9. The molecule has 278 valence electrons. The van der Waals surface area contributed by atoms with Gasteiger partial charge in [-0.05, 0) is 121 Å². The minimum absolute atomic E-state index is 0.465. The molecule has 0 N–H and O–H groups in total. The highest BCUT2D eigenvalue weighted by Crippen LogP contribution is 2.67. The Kier molecular flexibility index (Phi) is 10.6. The number of rotatable bonds is 9. The first-order valence-electron chi connectivity index (χ1n) is 23.5. The smallest absolute Gasteiger partial charge is 0.0253 e. The Bertz CT molecular complexity index is 855. The van der Waals surface area contributed by atoms with Gasteiger partial charge in [0.1, 0.15) is 0 Å². The second kappa shape index (κ2) is 15.0. The molecular formula is C46H79N3. The van der Waals surface area contributed by atoms with Crippen LogP contribution in [0.25, 0.3) is 0 Å². The molecule has 0 aromatic carbocycles. The first-order chi connectivity index (χ1) is 24.2. The Labute approximate surface area is 303 Å². The summed E-state index contributed by atoms with van der Waals surface area (Å²) in [6.45, 7) is 0. The first kappa shape index (κ1) is 34.6. The van der Waals surface area contributed by atoms with Crippen LogP contribution in [0.15, 0.2) is 0 Å². The molecule has 0 radical (unpaired) electrons. The van der Waals surface area contributed by atoms with Gasteiger partial charge in [-0.15, -0.1) is 0 Å². The molecule has 0 amide bonds. The van der Waals surface area contributed by atoms with Gasteiger partial charge >= 0.3 is 0 Å². The molecule has 10 fully saturated rings. The van der Waals surface area contributed by atoms with Crippen LogP contribution in [-0.4, -0.2) is 67.6 Å². The van der Waals surface area contributed by atoms with E-state index in [0.717, 1.165) is 42.2 Å². The van der Waals surface area contributed by atoms with Gasteiger partial charge in [0.25, 0.3) is 0 Å². The third-order valence-electron chi connectivity index (χ3n) is 17.4. The van der Waals surface area contributed by atoms with Gasteiger partial charge in [-0.3, -0.25) is 14.7 Å². The summed E-state index contributed by atoms with van der Waals surface area (Å²) in [5.74, 6) is 0.968. The first-order valence-corrected chi connectivity index (χ1v) is 23.5. The van der Waals surface area contributed by atoms with Crippen molar-refractivity contribution in [2.45, 2.75) is 284 Å². The van der Waals surface area contributed by atoms with Crippen molar-refractivity contribution in [3.8, 4) is 0 Å². The zero-order chi connectivity index (χ0) is 32.7. The van der Waals surface area contributed by atoms with Gasteiger partial charge in [0.15, 0.2) is 0 Å². The van der Waals surface area contributed by atoms with Crippen molar-refractivity contribution in [3.05, 3.63) is 0 Å². The minimum Gasteiger partial charge on any atom is -0.292 e. The summed E-state index contributed by atoms with van der Waals surface area (Å²) >= 11 is 0. The van der Waals surface area contributed by atoms with Gasteiger partial charge in [-0.2, -0.15) is 0 Å². The van der Waals surface area contributed by atoms with Crippen LogP contribution >= 0.6 is 0 Å². The molecule has 10 saturated carbocycles. The molecule has 10 aliphatic rings. The molecule has 49 heavy (non-hydrogen) atoms. The van der Waals surface area contributed by atoms with Gasteiger partial charge in [-0.25, -0.2) is 0 Å². The average Bonchev–Trinajstić information content (AvgIpc) is 3.14. The molecule has 3 nitrogen and oxygen atoms in total. The van der Waals surface area contributed by atoms with E-state index in [0.29, 0.717) is 16.6 Å². The van der Waals surface area contributed by atoms with Crippen molar-refractivity contribution in [1.82, 2.24) is 14.7 Å². The fourth-order valence-electron chi connectivity index (χ4n) is 16.5. The summed E-state index contributed by atoms with van der Waals surface area (Å²) in [4.78, 5) is 10.5. The molecule has 3 heteroatoms. The molecule has 0 spiro atoms. The quantitative estimate of drug-likeness (QED) is 0.241. The van der Waals surface area contributed by atoms with Crippen LogP contribution in [0.1, 0.15) is 231 Å². The fraction of sp³-hybridized carbons (Fsp3) is 1.00. The number of nitrogens with zero attached hydrogens (tertiary/aromatic N) is 3. The standard InChI is InChI=1S/C46H79N3/c1-7-19-38(20-8-1)47(39-21-9-2-10-22-39)44-31-37-32-45(34-44,48(40-23-11-3-12-24-40)41-25-13-4-14-26-41)36-46(33-37,35-44)49(42-27-15-5-16-28-42)43-29-17-6-18-30-43/h37-43H,1-36H2. The Morgan fingerprint density at radius 1 is 0.245 bits per heavy atom. The number of hydrogen-bond donors (Lipinski definition) is 0. The predicted molar refractivity (Wildman–Crippen MR) is 206 cm³/mol.